The maximum absolute atomic E-state index is 12.6. The molecule has 0 bridgehead atoms. The highest BCUT2D eigenvalue weighted by atomic mass is 16.5. The van der Waals surface area contributed by atoms with E-state index in [4.69, 9.17) is 9.47 Å². The predicted octanol–water partition coefficient (Wildman–Crippen LogP) is 3.47. The number of aryl methyl sites for hydroxylation is 1. The van der Waals surface area contributed by atoms with Crippen molar-refractivity contribution in [2.45, 2.75) is 25.8 Å². The molecule has 0 atom stereocenters. The molecule has 0 unspecified atom stereocenters. The first-order valence-corrected chi connectivity index (χ1v) is 9.50. The van der Waals surface area contributed by atoms with Crippen molar-refractivity contribution in [2.24, 2.45) is 0 Å². The molecule has 0 saturated carbocycles. The number of amides is 1. The molecule has 0 fully saturated rings. The number of benzene rings is 2. The molecule has 0 saturated heterocycles. The van der Waals surface area contributed by atoms with Gasteiger partial charge in [0.2, 0.25) is 5.91 Å². The van der Waals surface area contributed by atoms with Crippen molar-refractivity contribution in [1.29, 1.82) is 0 Å². The number of ether oxygens (including phenoxy) is 2. The van der Waals surface area contributed by atoms with E-state index in [1.54, 1.807) is 12.5 Å². The van der Waals surface area contributed by atoms with Crippen LogP contribution in [0, 0.1) is 0 Å². The van der Waals surface area contributed by atoms with Crippen molar-refractivity contribution in [1.82, 2.24) is 9.55 Å². The maximum atomic E-state index is 12.6. The van der Waals surface area contributed by atoms with Gasteiger partial charge >= 0.3 is 0 Å². The largest absolute Gasteiger partial charge is 0.493 e. The van der Waals surface area contributed by atoms with Gasteiger partial charge in [-0.2, -0.15) is 0 Å². The van der Waals surface area contributed by atoms with Gasteiger partial charge in [0.1, 0.15) is 18.1 Å². The van der Waals surface area contributed by atoms with Crippen molar-refractivity contribution >= 4 is 11.6 Å². The van der Waals surface area contributed by atoms with Crippen LogP contribution in [-0.4, -0.2) is 28.7 Å². The molecule has 2 aromatic carbocycles. The number of fused-ring (bicyclic) bond motifs is 1. The van der Waals surface area contributed by atoms with Crippen LogP contribution in [0.3, 0.4) is 0 Å². The van der Waals surface area contributed by atoms with E-state index in [9.17, 15) is 4.79 Å². The Bertz CT molecular complexity index is 938. The topological polar surface area (TPSA) is 65.4 Å². The average molecular weight is 377 g/mol. The number of hydrogen-bond donors (Lipinski definition) is 1. The monoisotopic (exact) mass is 377 g/mol. The number of carbonyl (C=O) groups excluding carboxylic acids is 1. The summed E-state index contributed by atoms with van der Waals surface area (Å²) in [6, 6.07) is 13.5. The van der Waals surface area contributed by atoms with Gasteiger partial charge in [0.05, 0.1) is 31.6 Å². The van der Waals surface area contributed by atoms with E-state index in [-0.39, 0.29) is 5.91 Å². The molecule has 1 aromatic heterocycles. The number of hydrogen-bond acceptors (Lipinski definition) is 4. The molecule has 28 heavy (non-hydrogen) atoms. The maximum Gasteiger partial charge on any atom is 0.228 e. The molecule has 144 valence electrons. The van der Waals surface area contributed by atoms with Crippen LogP contribution in [0.2, 0.25) is 0 Å². The van der Waals surface area contributed by atoms with E-state index < -0.39 is 0 Å². The molecule has 4 rings (SSSR count). The molecule has 3 aromatic rings. The van der Waals surface area contributed by atoms with Crippen LogP contribution in [-0.2, 0) is 24.2 Å². The summed E-state index contributed by atoms with van der Waals surface area (Å²) in [6.45, 7) is 1.96. The Labute approximate surface area is 164 Å². The van der Waals surface area contributed by atoms with Crippen LogP contribution in [0.5, 0.6) is 11.5 Å². The summed E-state index contributed by atoms with van der Waals surface area (Å²) >= 11 is 0. The van der Waals surface area contributed by atoms with Gasteiger partial charge in [-0.1, -0.05) is 24.3 Å². The van der Waals surface area contributed by atoms with Gasteiger partial charge in [-0.05, 0) is 42.2 Å². The lowest BCUT2D eigenvalue weighted by atomic mass is 10.0. The van der Waals surface area contributed by atoms with Crippen molar-refractivity contribution in [3.05, 3.63) is 72.3 Å². The number of carbonyl (C=O) groups is 1. The second kappa shape index (κ2) is 8.61. The molecule has 0 aliphatic carbocycles. The van der Waals surface area contributed by atoms with E-state index >= 15 is 0 Å². The zero-order chi connectivity index (χ0) is 19.2. The van der Waals surface area contributed by atoms with Gasteiger partial charge < -0.3 is 19.4 Å². The molecule has 0 spiro atoms. The summed E-state index contributed by atoms with van der Waals surface area (Å²) in [4.78, 5) is 16.6. The number of para-hydroxylation sites is 2. The van der Waals surface area contributed by atoms with Gasteiger partial charge in [0, 0.05) is 12.4 Å². The highest BCUT2D eigenvalue weighted by Gasteiger charge is 2.13. The minimum Gasteiger partial charge on any atom is -0.493 e. The van der Waals surface area contributed by atoms with Crippen LogP contribution in [0.4, 0.5) is 5.69 Å². The van der Waals surface area contributed by atoms with Gasteiger partial charge in [-0.3, -0.25) is 4.79 Å². The number of nitrogens with one attached hydrogen (secondary N) is 1. The molecule has 1 N–H and O–H groups in total. The molecular formula is C22H23N3O3. The Morgan fingerprint density at radius 3 is 3.07 bits per heavy atom. The number of rotatable bonds is 7. The molecular weight excluding hydrogens is 354 g/mol. The lowest BCUT2D eigenvalue weighted by Crippen LogP contribution is -2.16. The molecule has 1 amide bonds. The first kappa shape index (κ1) is 18.1. The zero-order valence-electron chi connectivity index (χ0n) is 15.6. The van der Waals surface area contributed by atoms with Crippen LogP contribution in [0.15, 0.2) is 61.2 Å². The van der Waals surface area contributed by atoms with Crippen LogP contribution in [0.1, 0.15) is 17.5 Å². The Morgan fingerprint density at radius 2 is 2.18 bits per heavy atom. The van der Waals surface area contributed by atoms with Crippen molar-refractivity contribution in [3.63, 3.8) is 0 Å². The first-order chi connectivity index (χ1) is 13.8. The normalized spacial score (nSPS) is 12.7. The number of anilines is 1. The standard InChI is InChI=1S/C22H23N3O3/c26-22(15-17-7-8-20-18(14-17)4-3-12-27-20)24-19-5-1-2-6-21(19)28-13-11-25-10-9-23-16-25/h1-2,5-10,14,16H,3-4,11-13,15H2,(H,24,26). The van der Waals surface area contributed by atoms with Crippen LogP contribution in [0.25, 0.3) is 0 Å². The van der Waals surface area contributed by atoms with E-state index in [0.717, 1.165) is 30.8 Å². The molecule has 1 aliphatic heterocycles. The number of imidazole rings is 1. The Morgan fingerprint density at radius 1 is 1.25 bits per heavy atom. The average Bonchev–Trinajstić information content (AvgIpc) is 3.23. The quantitative estimate of drug-likeness (QED) is 0.685. The Hall–Kier alpha value is -3.28. The highest BCUT2D eigenvalue weighted by molar-refractivity contribution is 5.93. The Balaban J connectivity index is 1.36. The van der Waals surface area contributed by atoms with E-state index in [0.29, 0.717) is 31.0 Å². The molecule has 1 aliphatic rings. The Kier molecular flexibility index (Phi) is 5.56. The third kappa shape index (κ3) is 4.52. The fraction of sp³-hybridized carbons (Fsp3) is 0.273. The van der Waals surface area contributed by atoms with Gasteiger partial charge in [0.15, 0.2) is 0 Å². The zero-order valence-corrected chi connectivity index (χ0v) is 15.6. The highest BCUT2D eigenvalue weighted by Crippen LogP contribution is 2.27. The predicted molar refractivity (Wildman–Crippen MR) is 107 cm³/mol. The van der Waals surface area contributed by atoms with Gasteiger partial charge in [-0.25, -0.2) is 4.98 Å². The molecule has 0 radical (unpaired) electrons. The van der Waals surface area contributed by atoms with Crippen molar-refractivity contribution in [2.75, 3.05) is 18.5 Å². The lowest BCUT2D eigenvalue weighted by molar-refractivity contribution is -0.115. The molecule has 2 heterocycles. The number of aromatic nitrogens is 2. The fourth-order valence-corrected chi connectivity index (χ4v) is 3.28. The lowest BCUT2D eigenvalue weighted by Gasteiger charge is -2.18. The first-order valence-electron chi connectivity index (χ1n) is 9.50. The summed E-state index contributed by atoms with van der Waals surface area (Å²) in [6.07, 6.45) is 7.71. The summed E-state index contributed by atoms with van der Waals surface area (Å²) in [5, 5.41) is 2.97. The second-order valence-electron chi connectivity index (χ2n) is 6.76. The summed E-state index contributed by atoms with van der Waals surface area (Å²) in [7, 11) is 0. The summed E-state index contributed by atoms with van der Waals surface area (Å²) in [5.74, 6) is 1.53. The second-order valence-corrected chi connectivity index (χ2v) is 6.76. The smallest absolute Gasteiger partial charge is 0.228 e. The van der Waals surface area contributed by atoms with Crippen LogP contribution >= 0.6 is 0 Å². The van der Waals surface area contributed by atoms with E-state index in [1.807, 2.05) is 47.2 Å². The van der Waals surface area contributed by atoms with E-state index in [2.05, 4.69) is 16.4 Å². The van der Waals surface area contributed by atoms with Crippen molar-refractivity contribution in [3.8, 4) is 11.5 Å². The SMILES string of the molecule is O=C(Cc1ccc2c(c1)CCCO2)Nc1ccccc1OCCn1ccnc1. The van der Waals surface area contributed by atoms with Crippen molar-refractivity contribution < 1.29 is 14.3 Å². The van der Waals surface area contributed by atoms with Gasteiger partial charge in [-0.15, -0.1) is 0 Å². The third-order valence-corrected chi connectivity index (χ3v) is 4.66. The molecule has 6 heteroatoms. The number of nitrogens with zero attached hydrogens (tertiary/aromatic N) is 2. The van der Waals surface area contributed by atoms with Crippen LogP contribution < -0.4 is 14.8 Å². The minimum absolute atomic E-state index is 0.0673. The summed E-state index contributed by atoms with van der Waals surface area (Å²) in [5.41, 5.74) is 2.85. The summed E-state index contributed by atoms with van der Waals surface area (Å²) < 4.78 is 13.4. The van der Waals surface area contributed by atoms with E-state index in [1.165, 1.54) is 5.56 Å². The molecule has 6 nitrogen and oxygen atoms in total. The minimum atomic E-state index is -0.0673. The third-order valence-electron chi connectivity index (χ3n) is 4.66. The fourth-order valence-electron chi connectivity index (χ4n) is 3.28. The van der Waals surface area contributed by atoms with Gasteiger partial charge in [0.25, 0.3) is 0 Å².